The zero-order valence-electron chi connectivity index (χ0n) is 8.82. The number of hydrogen-bond donors (Lipinski definition) is 3. The highest BCUT2D eigenvalue weighted by atomic mass is 16.5. The number of rotatable bonds is 6. The predicted octanol–water partition coefficient (Wildman–Crippen LogP) is -1.68. The van der Waals surface area contributed by atoms with Crippen molar-refractivity contribution in [2.24, 2.45) is 5.73 Å². The van der Waals surface area contributed by atoms with Crippen LogP contribution in [-0.4, -0.2) is 68.0 Å². The third kappa shape index (κ3) is 4.57. The Morgan fingerprint density at radius 1 is 1.60 bits per heavy atom. The van der Waals surface area contributed by atoms with E-state index in [1.165, 1.54) is 0 Å². The maximum atomic E-state index is 10.7. The lowest BCUT2D eigenvalue weighted by Gasteiger charge is -2.31. The predicted molar refractivity (Wildman–Crippen MR) is 55.7 cm³/mol. The van der Waals surface area contributed by atoms with E-state index in [-0.39, 0.29) is 0 Å². The maximum Gasteiger partial charge on any atom is 0.322 e. The van der Waals surface area contributed by atoms with Gasteiger partial charge in [-0.3, -0.25) is 9.69 Å². The van der Waals surface area contributed by atoms with Gasteiger partial charge in [-0.25, -0.2) is 0 Å². The van der Waals surface area contributed by atoms with Crippen molar-refractivity contribution in [2.75, 3.05) is 45.9 Å². The number of ether oxygens (including phenoxy) is 1. The van der Waals surface area contributed by atoms with Crippen molar-refractivity contribution >= 4 is 5.97 Å². The lowest BCUT2D eigenvalue weighted by molar-refractivity contribution is -0.140. The average molecular weight is 217 g/mol. The normalized spacial score (nSPS) is 22.9. The maximum absolute atomic E-state index is 10.7. The zero-order chi connectivity index (χ0) is 11.1. The Morgan fingerprint density at radius 3 is 3.07 bits per heavy atom. The zero-order valence-corrected chi connectivity index (χ0v) is 8.82. The molecule has 0 aliphatic carbocycles. The number of piperazine rings is 1. The van der Waals surface area contributed by atoms with Crippen LogP contribution in [0.15, 0.2) is 0 Å². The fourth-order valence-corrected chi connectivity index (χ4v) is 1.56. The van der Waals surface area contributed by atoms with Gasteiger partial charge in [0.05, 0.1) is 13.2 Å². The Morgan fingerprint density at radius 2 is 2.40 bits per heavy atom. The fraction of sp³-hybridized carbons (Fsp3) is 0.889. The molecule has 0 radical (unpaired) electrons. The number of nitrogens with zero attached hydrogens (tertiary/aromatic N) is 1. The number of nitrogens with one attached hydrogen (secondary N) is 1. The van der Waals surface area contributed by atoms with E-state index in [2.05, 4.69) is 10.2 Å². The van der Waals surface area contributed by atoms with Crippen LogP contribution in [0.5, 0.6) is 0 Å². The number of aliphatic carboxylic acids is 1. The Balaban J connectivity index is 2.15. The van der Waals surface area contributed by atoms with Crippen LogP contribution in [-0.2, 0) is 9.53 Å². The summed E-state index contributed by atoms with van der Waals surface area (Å²) in [6.45, 7) is 4.60. The van der Waals surface area contributed by atoms with Crippen LogP contribution in [0.1, 0.15) is 0 Å². The van der Waals surface area contributed by atoms with Gasteiger partial charge in [-0.1, -0.05) is 0 Å². The molecule has 0 aromatic carbocycles. The van der Waals surface area contributed by atoms with Crippen LogP contribution in [0.3, 0.4) is 0 Å². The first-order chi connectivity index (χ1) is 7.24. The third-order valence-electron chi connectivity index (χ3n) is 2.37. The minimum Gasteiger partial charge on any atom is -0.480 e. The lowest BCUT2D eigenvalue weighted by atomic mass is 10.2. The van der Waals surface area contributed by atoms with Gasteiger partial charge in [0, 0.05) is 32.7 Å². The quantitative estimate of drug-likeness (QED) is 0.461. The summed E-state index contributed by atoms with van der Waals surface area (Å²) < 4.78 is 5.25. The molecule has 1 aliphatic rings. The molecule has 0 amide bonds. The van der Waals surface area contributed by atoms with Gasteiger partial charge in [-0.2, -0.15) is 0 Å². The second kappa shape index (κ2) is 6.73. The van der Waals surface area contributed by atoms with Gasteiger partial charge in [0.15, 0.2) is 0 Å². The van der Waals surface area contributed by atoms with Crippen LogP contribution < -0.4 is 11.1 Å². The molecule has 1 aliphatic heterocycles. The molecule has 0 aromatic rings. The number of carbonyl (C=O) groups is 1. The van der Waals surface area contributed by atoms with Gasteiger partial charge in [0.25, 0.3) is 0 Å². The number of carboxylic acids is 1. The van der Waals surface area contributed by atoms with Crippen molar-refractivity contribution in [3.63, 3.8) is 0 Å². The smallest absolute Gasteiger partial charge is 0.322 e. The van der Waals surface area contributed by atoms with Crippen molar-refractivity contribution in [3.05, 3.63) is 0 Å². The largest absolute Gasteiger partial charge is 0.480 e. The first-order valence-corrected chi connectivity index (χ1v) is 5.20. The molecule has 15 heavy (non-hydrogen) atoms. The van der Waals surface area contributed by atoms with E-state index < -0.39 is 12.0 Å². The van der Waals surface area contributed by atoms with Crippen LogP contribution in [0, 0.1) is 0 Å². The first-order valence-electron chi connectivity index (χ1n) is 5.20. The van der Waals surface area contributed by atoms with Crippen LogP contribution in [0.4, 0.5) is 0 Å². The lowest BCUT2D eigenvalue weighted by Crippen LogP contribution is -2.54. The number of nitrogens with two attached hydrogens (primary N) is 1. The molecule has 1 rings (SSSR count). The van der Waals surface area contributed by atoms with E-state index in [1.54, 1.807) is 0 Å². The molecule has 1 atom stereocenters. The molecule has 4 N–H and O–H groups in total. The topological polar surface area (TPSA) is 87.8 Å². The van der Waals surface area contributed by atoms with E-state index in [1.807, 2.05) is 0 Å². The first kappa shape index (κ1) is 12.4. The van der Waals surface area contributed by atoms with Gasteiger partial charge in [0.2, 0.25) is 0 Å². The number of carboxylic acid groups (broad SMARTS) is 1. The summed E-state index contributed by atoms with van der Waals surface area (Å²) in [4.78, 5) is 12.8. The van der Waals surface area contributed by atoms with Crippen molar-refractivity contribution in [3.8, 4) is 0 Å². The molecular weight excluding hydrogens is 198 g/mol. The molecule has 1 unspecified atom stereocenters. The molecule has 88 valence electrons. The van der Waals surface area contributed by atoms with Gasteiger partial charge >= 0.3 is 5.97 Å². The molecule has 0 aromatic heterocycles. The SMILES string of the molecule is NCCOCCN1CCNC(C(=O)O)C1. The van der Waals surface area contributed by atoms with E-state index in [0.29, 0.717) is 32.8 Å². The van der Waals surface area contributed by atoms with Crippen molar-refractivity contribution < 1.29 is 14.6 Å². The Labute approximate surface area is 89.4 Å². The molecule has 0 saturated carbocycles. The summed E-state index contributed by atoms with van der Waals surface area (Å²) >= 11 is 0. The molecule has 0 bridgehead atoms. The van der Waals surface area contributed by atoms with E-state index >= 15 is 0 Å². The van der Waals surface area contributed by atoms with Crippen LogP contribution in [0.25, 0.3) is 0 Å². The third-order valence-corrected chi connectivity index (χ3v) is 2.37. The Bertz CT molecular complexity index is 201. The summed E-state index contributed by atoms with van der Waals surface area (Å²) in [5.74, 6) is -0.789. The van der Waals surface area contributed by atoms with Crippen molar-refractivity contribution in [1.29, 1.82) is 0 Å². The molecule has 1 saturated heterocycles. The van der Waals surface area contributed by atoms with Crippen LogP contribution >= 0.6 is 0 Å². The monoisotopic (exact) mass is 217 g/mol. The Kier molecular flexibility index (Phi) is 5.56. The van der Waals surface area contributed by atoms with Gasteiger partial charge in [-0.05, 0) is 0 Å². The highest BCUT2D eigenvalue weighted by molar-refractivity contribution is 5.73. The molecule has 1 heterocycles. The summed E-state index contributed by atoms with van der Waals surface area (Å²) in [5, 5.41) is 11.8. The fourth-order valence-electron chi connectivity index (χ4n) is 1.56. The number of hydrogen-bond acceptors (Lipinski definition) is 5. The van der Waals surface area contributed by atoms with Crippen molar-refractivity contribution in [1.82, 2.24) is 10.2 Å². The highest BCUT2D eigenvalue weighted by Crippen LogP contribution is 1.98. The molecule has 6 nitrogen and oxygen atoms in total. The summed E-state index contributed by atoms with van der Waals surface area (Å²) in [6.07, 6.45) is 0. The molecular formula is C9H19N3O3. The summed E-state index contributed by atoms with van der Waals surface area (Å²) in [5.41, 5.74) is 5.28. The second-order valence-electron chi connectivity index (χ2n) is 3.55. The van der Waals surface area contributed by atoms with Gasteiger partial charge in [-0.15, -0.1) is 0 Å². The minimum absolute atomic E-state index is 0.451. The van der Waals surface area contributed by atoms with E-state index in [4.69, 9.17) is 15.6 Å². The van der Waals surface area contributed by atoms with Crippen LogP contribution in [0.2, 0.25) is 0 Å². The minimum atomic E-state index is -0.789. The van der Waals surface area contributed by atoms with Gasteiger partial charge < -0.3 is 20.9 Å². The summed E-state index contributed by atoms with van der Waals surface area (Å²) in [6, 6.07) is -0.451. The average Bonchev–Trinajstić information content (AvgIpc) is 2.25. The highest BCUT2D eigenvalue weighted by Gasteiger charge is 2.24. The Hall–Kier alpha value is -0.690. The van der Waals surface area contributed by atoms with Crippen molar-refractivity contribution in [2.45, 2.75) is 6.04 Å². The summed E-state index contributed by atoms with van der Waals surface area (Å²) in [7, 11) is 0. The van der Waals surface area contributed by atoms with Gasteiger partial charge in [0.1, 0.15) is 6.04 Å². The molecule has 0 spiro atoms. The molecule has 1 fully saturated rings. The van der Waals surface area contributed by atoms with E-state index in [9.17, 15) is 4.79 Å². The molecule has 6 heteroatoms. The van der Waals surface area contributed by atoms with E-state index in [0.717, 1.165) is 13.1 Å². The standard InChI is InChI=1S/C9H19N3O3/c10-1-5-15-6-4-12-3-2-11-8(7-12)9(13)14/h8,11H,1-7,10H2,(H,13,14). The second-order valence-corrected chi connectivity index (χ2v) is 3.55.